The summed E-state index contributed by atoms with van der Waals surface area (Å²) < 4.78 is 25.0. The average molecular weight is 393 g/mol. The summed E-state index contributed by atoms with van der Waals surface area (Å²) in [5.41, 5.74) is 0.740. The fourth-order valence-electron chi connectivity index (χ4n) is 3.14. The van der Waals surface area contributed by atoms with Crippen LogP contribution in [0.2, 0.25) is 5.02 Å². The van der Waals surface area contributed by atoms with Crippen LogP contribution in [0.1, 0.15) is 18.1 Å². The van der Waals surface area contributed by atoms with E-state index in [2.05, 4.69) is 10.6 Å². The Hall–Kier alpha value is -0.920. The van der Waals surface area contributed by atoms with Gasteiger partial charge in [-0.15, -0.1) is 12.4 Å². The van der Waals surface area contributed by atoms with Crippen LogP contribution < -0.4 is 10.6 Å². The van der Waals surface area contributed by atoms with Gasteiger partial charge in [-0.3, -0.25) is 4.79 Å². The van der Waals surface area contributed by atoms with Crippen molar-refractivity contribution >= 4 is 29.9 Å². The molecule has 25 heavy (non-hydrogen) atoms. The van der Waals surface area contributed by atoms with Gasteiger partial charge in [0, 0.05) is 32.2 Å². The molecule has 0 saturated carbocycles. The Kier molecular flexibility index (Phi) is 7.90. The lowest BCUT2D eigenvalue weighted by Crippen LogP contribution is -2.39. The molecule has 2 N–H and O–H groups in total. The van der Waals surface area contributed by atoms with Crippen molar-refractivity contribution in [3.05, 3.63) is 34.6 Å². The Morgan fingerprint density at radius 1 is 1.40 bits per heavy atom. The van der Waals surface area contributed by atoms with Crippen molar-refractivity contribution in [2.75, 3.05) is 39.5 Å². The van der Waals surface area contributed by atoms with Crippen molar-refractivity contribution in [2.24, 2.45) is 11.8 Å². The van der Waals surface area contributed by atoms with Crippen molar-refractivity contribution in [1.29, 1.82) is 0 Å². The Labute approximate surface area is 158 Å². The van der Waals surface area contributed by atoms with Crippen molar-refractivity contribution in [2.45, 2.75) is 12.5 Å². The number of hydrogen-bond acceptors (Lipinski definition) is 4. The number of ether oxygens (including phenoxy) is 2. The number of carbonyl (C=O) groups excluding carboxylic acids is 1. The van der Waals surface area contributed by atoms with Crippen molar-refractivity contribution in [3.8, 4) is 0 Å². The van der Waals surface area contributed by atoms with Gasteiger partial charge in [-0.2, -0.15) is 0 Å². The highest BCUT2D eigenvalue weighted by molar-refractivity contribution is 6.30. The smallest absolute Gasteiger partial charge is 0.225 e. The van der Waals surface area contributed by atoms with Crippen molar-refractivity contribution < 1.29 is 18.7 Å². The van der Waals surface area contributed by atoms with Gasteiger partial charge in [-0.1, -0.05) is 17.7 Å². The molecule has 0 aliphatic carbocycles. The molecule has 2 aliphatic rings. The SMILES string of the molecule is Cl.O=C(NC[C@@H]1CNCCO[C@H]1c1ccc(Cl)c(F)c1)C1CCOC1. The molecule has 2 saturated heterocycles. The van der Waals surface area contributed by atoms with Crippen LogP contribution in [0.3, 0.4) is 0 Å². The molecule has 0 aromatic heterocycles. The van der Waals surface area contributed by atoms with Gasteiger partial charge in [0.25, 0.3) is 0 Å². The molecule has 5 nitrogen and oxygen atoms in total. The van der Waals surface area contributed by atoms with Gasteiger partial charge in [0.15, 0.2) is 0 Å². The van der Waals surface area contributed by atoms with Gasteiger partial charge in [-0.25, -0.2) is 4.39 Å². The van der Waals surface area contributed by atoms with Crippen molar-refractivity contribution in [3.63, 3.8) is 0 Å². The van der Waals surface area contributed by atoms with Crippen molar-refractivity contribution in [1.82, 2.24) is 10.6 Å². The normalized spacial score (nSPS) is 26.6. The molecule has 2 fully saturated rings. The minimum atomic E-state index is -0.458. The highest BCUT2D eigenvalue weighted by Crippen LogP contribution is 2.29. The molecule has 1 aromatic carbocycles. The first-order valence-corrected chi connectivity index (χ1v) is 8.65. The van der Waals surface area contributed by atoms with E-state index in [1.807, 2.05) is 0 Å². The molecule has 3 atom stereocenters. The molecule has 3 rings (SSSR count). The predicted octanol–water partition coefficient (Wildman–Crippen LogP) is 2.33. The highest BCUT2D eigenvalue weighted by atomic mass is 35.5. The van der Waals surface area contributed by atoms with E-state index < -0.39 is 5.82 Å². The zero-order valence-corrected chi connectivity index (χ0v) is 15.4. The summed E-state index contributed by atoms with van der Waals surface area (Å²) in [4.78, 5) is 12.2. The van der Waals surface area contributed by atoms with Gasteiger partial charge in [0.1, 0.15) is 5.82 Å². The summed E-state index contributed by atoms with van der Waals surface area (Å²) in [6.07, 6.45) is 0.476. The summed E-state index contributed by atoms with van der Waals surface area (Å²) in [6, 6.07) is 4.73. The average Bonchev–Trinajstić information content (AvgIpc) is 3.02. The molecule has 140 valence electrons. The molecule has 0 spiro atoms. The second-order valence-electron chi connectivity index (χ2n) is 6.23. The predicted molar refractivity (Wildman–Crippen MR) is 95.6 cm³/mol. The van der Waals surface area contributed by atoms with Crippen LogP contribution in [-0.4, -0.2) is 45.4 Å². The Morgan fingerprint density at radius 2 is 2.24 bits per heavy atom. The second kappa shape index (κ2) is 9.69. The Bertz CT molecular complexity index is 585. The number of benzene rings is 1. The zero-order chi connectivity index (χ0) is 16.9. The number of hydrogen-bond donors (Lipinski definition) is 2. The third kappa shape index (κ3) is 5.28. The summed E-state index contributed by atoms with van der Waals surface area (Å²) in [5, 5.41) is 6.38. The molecule has 0 bridgehead atoms. The molecular weight excluding hydrogens is 370 g/mol. The van der Waals surface area contributed by atoms with Gasteiger partial charge in [0.2, 0.25) is 5.91 Å². The molecule has 2 aliphatic heterocycles. The summed E-state index contributed by atoms with van der Waals surface area (Å²) in [5.74, 6) is -0.505. The minimum absolute atomic E-state index is 0. The van der Waals surface area contributed by atoms with Crippen LogP contribution >= 0.6 is 24.0 Å². The molecule has 1 amide bonds. The van der Waals surface area contributed by atoms with E-state index in [1.54, 1.807) is 12.1 Å². The number of carbonyl (C=O) groups is 1. The van der Waals surface area contributed by atoms with Gasteiger partial charge >= 0.3 is 0 Å². The number of rotatable bonds is 4. The molecule has 0 radical (unpaired) electrons. The first-order valence-electron chi connectivity index (χ1n) is 8.28. The molecule has 8 heteroatoms. The third-order valence-corrected chi connectivity index (χ3v) is 4.83. The summed E-state index contributed by atoms with van der Waals surface area (Å²) in [7, 11) is 0. The Balaban J connectivity index is 0.00000225. The van der Waals surface area contributed by atoms with E-state index in [1.165, 1.54) is 6.07 Å². The van der Waals surface area contributed by atoms with E-state index in [4.69, 9.17) is 21.1 Å². The van der Waals surface area contributed by atoms with E-state index in [0.717, 1.165) is 18.5 Å². The summed E-state index contributed by atoms with van der Waals surface area (Å²) in [6.45, 7) is 3.55. The lowest BCUT2D eigenvalue weighted by molar-refractivity contribution is -0.125. The van der Waals surface area contributed by atoms with Crippen LogP contribution in [0.15, 0.2) is 18.2 Å². The van der Waals surface area contributed by atoms with E-state index in [-0.39, 0.29) is 41.3 Å². The van der Waals surface area contributed by atoms with E-state index in [0.29, 0.717) is 32.9 Å². The first kappa shape index (κ1) is 20.4. The lowest BCUT2D eigenvalue weighted by atomic mass is 9.95. The van der Waals surface area contributed by atoms with Crippen LogP contribution in [0.4, 0.5) is 4.39 Å². The van der Waals surface area contributed by atoms with Gasteiger partial charge < -0.3 is 20.1 Å². The lowest BCUT2D eigenvalue weighted by Gasteiger charge is -2.26. The topological polar surface area (TPSA) is 59.6 Å². The monoisotopic (exact) mass is 392 g/mol. The summed E-state index contributed by atoms with van der Waals surface area (Å²) >= 11 is 5.77. The maximum atomic E-state index is 13.8. The molecule has 2 heterocycles. The fourth-order valence-corrected chi connectivity index (χ4v) is 3.26. The van der Waals surface area contributed by atoms with Gasteiger partial charge in [-0.05, 0) is 24.1 Å². The third-order valence-electron chi connectivity index (χ3n) is 4.52. The maximum Gasteiger partial charge on any atom is 0.225 e. The van der Waals surface area contributed by atoms with Crippen LogP contribution in [0.5, 0.6) is 0 Å². The zero-order valence-electron chi connectivity index (χ0n) is 13.8. The van der Waals surface area contributed by atoms with Crippen LogP contribution in [-0.2, 0) is 14.3 Å². The van der Waals surface area contributed by atoms with Gasteiger partial charge in [0.05, 0.1) is 30.3 Å². The van der Waals surface area contributed by atoms with Crippen LogP contribution in [0.25, 0.3) is 0 Å². The van der Waals surface area contributed by atoms with E-state index >= 15 is 0 Å². The maximum absolute atomic E-state index is 13.8. The fraction of sp³-hybridized carbons (Fsp3) is 0.588. The Morgan fingerprint density at radius 3 is 2.96 bits per heavy atom. The standard InChI is InChI=1S/C17H22ClFN2O3.ClH/c18-14-2-1-11(7-15(14)19)16-13(8-20-4-6-24-16)9-21-17(22)12-3-5-23-10-12;/h1-2,7,12-13,16,20H,3-6,8-10H2,(H,21,22);1H/t12?,13-,16-;/m0./s1. The number of nitrogens with one attached hydrogen (secondary N) is 2. The van der Waals surface area contributed by atoms with Crippen LogP contribution in [0, 0.1) is 17.7 Å². The number of amides is 1. The minimum Gasteiger partial charge on any atom is -0.381 e. The largest absolute Gasteiger partial charge is 0.381 e. The van der Waals surface area contributed by atoms with E-state index in [9.17, 15) is 9.18 Å². The number of halogens is 3. The quantitative estimate of drug-likeness (QED) is 0.825. The second-order valence-corrected chi connectivity index (χ2v) is 6.64. The molecular formula is C17H23Cl2FN2O3. The highest BCUT2D eigenvalue weighted by Gasteiger charge is 2.29. The molecule has 1 aromatic rings. The molecule has 1 unspecified atom stereocenters. The first-order chi connectivity index (χ1) is 11.6.